The average molecular weight is 200 g/mol. The molecule has 0 amide bonds. The van der Waals surface area contributed by atoms with Gasteiger partial charge >= 0.3 is 0 Å². The lowest BCUT2D eigenvalue weighted by atomic mass is 10.0. The van der Waals surface area contributed by atoms with Crippen LogP contribution in [0.4, 0.5) is 8.78 Å². The van der Waals surface area contributed by atoms with Crippen LogP contribution in [-0.4, -0.2) is 6.61 Å². The Balaban J connectivity index is 3.13. The largest absolute Gasteiger partial charge is 0.491 e. The molecule has 1 rings (SSSR count). The molecule has 3 heteroatoms. The maximum atomic E-state index is 13.2. The number of halogens is 2. The molecule has 1 aromatic rings. The lowest BCUT2D eigenvalue weighted by Crippen LogP contribution is -2.00. The molecule has 78 valence electrons. The highest BCUT2D eigenvalue weighted by Gasteiger charge is 2.12. The van der Waals surface area contributed by atoms with Gasteiger partial charge in [0.2, 0.25) is 0 Å². The van der Waals surface area contributed by atoms with Crippen LogP contribution in [0, 0.1) is 11.6 Å². The molecule has 0 radical (unpaired) electrons. The second-order valence-corrected chi connectivity index (χ2v) is 3.39. The molecule has 1 aromatic carbocycles. The molecule has 0 bridgehead atoms. The molecule has 0 aromatic heterocycles. The Bertz CT molecular complexity index is 321. The van der Waals surface area contributed by atoms with Crippen LogP contribution < -0.4 is 4.74 Å². The fourth-order valence-electron chi connectivity index (χ4n) is 1.25. The van der Waals surface area contributed by atoms with Crippen LogP contribution >= 0.6 is 0 Å². The van der Waals surface area contributed by atoms with Gasteiger partial charge in [0, 0.05) is 6.07 Å². The van der Waals surface area contributed by atoms with Gasteiger partial charge in [-0.2, -0.15) is 0 Å². The van der Waals surface area contributed by atoms with Crippen LogP contribution in [0.25, 0.3) is 0 Å². The van der Waals surface area contributed by atoms with Crippen molar-refractivity contribution in [1.29, 1.82) is 0 Å². The van der Waals surface area contributed by atoms with Gasteiger partial charge in [-0.3, -0.25) is 0 Å². The lowest BCUT2D eigenvalue weighted by Gasteiger charge is -2.10. The van der Waals surface area contributed by atoms with E-state index in [1.807, 2.05) is 13.8 Å². The molecule has 0 fully saturated rings. The van der Waals surface area contributed by atoms with Gasteiger partial charge in [-0.25, -0.2) is 8.78 Å². The molecule has 0 saturated heterocycles. The summed E-state index contributed by atoms with van der Waals surface area (Å²) in [5, 5.41) is 0. The zero-order valence-corrected chi connectivity index (χ0v) is 8.60. The van der Waals surface area contributed by atoms with Crippen LogP contribution in [0.1, 0.15) is 32.3 Å². The Morgan fingerprint density at radius 3 is 2.36 bits per heavy atom. The second-order valence-electron chi connectivity index (χ2n) is 3.39. The number of rotatable bonds is 3. The van der Waals surface area contributed by atoms with Crippen molar-refractivity contribution in [3.63, 3.8) is 0 Å². The first-order chi connectivity index (χ1) is 6.56. The Hall–Kier alpha value is -1.12. The highest BCUT2D eigenvalue weighted by atomic mass is 19.1. The van der Waals surface area contributed by atoms with E-state index in [-0.39, 0.29) is 11.7 Å². The molecule has 0 saturated carbocycles. The van der Waals surface area contributed by atoms with E-state index < -0.39 is 11.6 Å². The molecule has 14 heavy (non-hydrogen) atoms. The van der Waals surface area contributed by atoms with E-state index in [0.717, 1.165) is 6.07 Å². The molecule has 0 atom stereocenters. The van der Waals surface area contributed by atoms with Gasteiger partial charge in [0.15, 0.2) is 11.6 Å². The third-order valence-electron chi connectivity index (χ3n) is 1.97. The Kier molecular flexibility index (Phi) is 3.44. The summed E-state index contributed by atoms with van der Waals surface area (Å²) in [5.41, 5.74) is 0.481. The summed E-state index contributed by atoms with van der Waals surface area (Å²) < 4.78 is 31.4. The van der Waals surface area contributed by atoms with Crippen LogP contribution in [0.15, 0.2) is 12.1 Å². The Labute approximate surface area is 82.7 Å². The van der Waals surface area contributed by atoms with E-state index in [1.165, 1.54) is 6.07 Å². The summed E-state index contributed by atoms with van der Waals surface area (Å²) in [5.74, 6) is -1.01. The zero-order chi connectivity index (χ0) is 10.7. The van der Waals surface area contributed by atoms with Gasteiger partial charge in [-0.15, -0.1) is 0 Å². The molecule has 0 spiro atoms. The fraction of sp³-hybridized carbons (Fsp3) is 0.455. The Morgan fingerprint density at radius 2 is 1.86 bits per heavy atom. The van der Waals surface area contributed by atoms with E-state index in [1.54, 1.807) is 6.92 Å². The highest BCUT2D eigenvalue weighted by molar-refractivity contribution is 5.33. The normalized spacial score (nSPS) is 10.7. The van der Waals surface area contributed by atoms with Crippen LogP contribution in [0.5, 0.6) is 5.75 Å². The van der Waals surface area contributed by atoms with Gasteiger partial charge in [0.1, 0.15) is 5.82 Å². The van der Waals surface area contributed by atoms with Crippen molar-refractivity contribution in [2.45, 2.75) is 26.7 Å². The van der Waals surface area contributed by atoms with Gasteiger partial charge in [-0.05, 0) is 24.5 Å². The maximum Gasteiger partial charge on any atom is 0.167 e. The van der Waals surface area contributed by atoms with Gasteiger partial charge in [-0.1, -0.05) is 13.8 Å². The predicted molar refractivity (Wildman–Crippen MR) is 51.6 cm³/mol. The van der Waals surface area contributed by atoms with E-state index in [0.29, 0.717) is 12.2 Å². The smallest absolute Gasteiger partial charge is 0.167 e. The predicted octanol–water partition coefficient (Wildman–Crippen LogP) is 3.49. The zero-order valence-electron chi connectivity index (χ0n) is 8.60. The summed E-state index contributed by atoms with van der Waals surface area (Å²) in [6.45, 7) is 5.84. The first-order valence-corrected chi connectivity index (χ1v) is 4.68. The molecule has 0 aliphatic rings. The van der Waals surface area contributed by atoms with Crippen LogP contribution in [0.2, 0.25) is 0 Å². The van der Waals surface area contributed by atoms with Crippen molar-refractivity contribution in [2.24, 2.45) is 0 Å². The molecular formula is C11H14F2O. The first-order valence-electron chi connectivity index (χ1n) is 4.68. The number of benzene rings is 1. The summed E-state index contributed by atoms with van der Waals surface area (Å²) in [7, 11) is 0. The summed E-state index contributed by atoms with van der Waals surface area (Å²) in [6.07, 6.45) is 0. The number of ether oxygens (including phenoxy) is 1. The van der Waals surface area contributed by atoms with Crippen molar-refractivity contribution in [3.05, 3.63) is 29.3 Å². The van der Waals surface area contributed by atoms with E-state index in [9.17, 15) is 8.78 Å². The molecule has 0 unspecified atom stereocenters. The molecule has 0 heterocycles. The van der Waals surface area contributed by atoms with Crippen LogP contribution in [0.3, 0.4) is 0 Å². The SMILES string of the molecule is CCOc1cc(C(C)C)c(F)cc1F. The van der Waals surface area contributed by atoms with E-state index >= 15 is 0 Å². The van der Waals surface area contributed by atoms with Crippen molar-refractivity contribution < 1.29 is 13.5 Å². The third-order valence-corrected chi connectivity index (χ3v) is 1.97. The highest BCUT2D eigenvalue weighted by Crippen LogP contribution is 2.26. The summed E-state index contributed by atoms with van der Waals surface area (Å²) in [4.78, 5) is 0. The molecule has 0 N–H and O–H groups in total. The summed E-state index contributed by atoms with van der Waals surface area (Å²) >= 11 is 0. The van der Waals surface area contributed by atoms with Crippen molar-refractivity contribution in [1.82, 2.24) is 0 Å². The quantitative estimate of drug-likeness (QED) is 0.725. The minimum absolute atomic E-state index is 0.0230. The Morgan fingerprint density at radius 1 is 1.21 bits per heavy atom. The van der Waals surface area contributed by atoms with Gasteiger partial charge < -0.3 is 4.74 Å². The van der Waals surface area contributed by atoms with Gasteiger partial charge in [0.05, 0.1) is 6.61 Å². The minimum Gasteiger partial charge on any atom is -0.491 e. The van der Waals surface area contributed by atoms with Crippen molar-refractivity contribution in [3.8, 4) is 5.75 Å². The average Bonchev–Trinajstić information content (AvgIpc) is 2.09. The molecular weight excluding hydrogens is 186 g/mol. The van der Waals surface area contributed by atoms with Crippen LogP contribution in [-0.2, 0) is 0 Å². The minimum atomic E-state index is -0.645. The molecule has 0 aliphatic heterocycles. The second kappa shape index (κ2) is 4.40. The third kappa shape index (κ3) is 2.22. The van der Waals surface area contributed by atoms with Crippen molar-refractivity contribution >= 4 is 0 Å². The first kappa shape index (κ1) is 11.0. The van der Waals surface area contributed by atoms with Crippen molar-refractivity contribution in [2.75, 3.05) is 6.61 Å². The van der Waals surface area contributed by atoms with E-state index in [2.05, 4.69) is 0 Å². The standard InChI is InChI=1S/C11H14F2O/c1-4-14-11-5-8(7(2)3)9(12)6-10(11)13/h5-7H,4H2,1-3H3. The molecule has 1 nitrogen and oxygen atoms in total. The fourth-order valence-corrected chi connectivity index (χ4v) is 1.25. The molecule has 0 aliphatic carbocycles. The maximum absolute atomic E-state index is 13.2. The van der Waals surface area contributed by atoms with Gasteiger partial charge in [0.25, 0.3) is 0 Å². The number of hydrogen-bond donors (Lipinski definition) is 0. The lowest BCUT2D eigenvalue weighted by molar-refractivity contribution is 0.319. The monoisotopic (exact) mass is 200 g/mol. The number of hydrogen-bond acceptors (Lipinski definition) is 1. The van der Waals surface area contributed by atoms with E-state index in [4.69, 9.17) is 4.74 Å². The topological polar surface area (TPSA) is 9.23 Å². The summed E-state index contributed by atoms with van der Waals surface area (Å²) in [6, 6.07) is 2.30.